The van der Waals surface area contributed by atoms with Gasteiger partial charge in [0, 0.05) is 13.5 Å². The lowest BCUT2D eigenvalue weighted by molar-refractivity contribution is -0.162. The Bertz CT molecular complexity index is 429. The molecule has 0 saturated carbocycles. The van der Waals surface area contributed by atoms with Crippen LogP contribution in [0.25, 0.3) is 0 Å². The van der Waals surface area contributed by atoms with Crippen LogP contribution in [0.2, 0.25) is 0 Å². The Hall–Kier alpha value is -1.31. The van der Waals surface area contributed by atoms with Crippen molar-refractivity contribution in [3.63, 3.8) is 0 Å². The van der Waals surface area contributed by atoms with Crippen molar-refractivity contribution < 1.29 is 22.7 Å². The topological polar surface area (TPSA) is 64.3 Å². The molecule has 120 valence electrons. The number of amides is 1. The number of rotatable bonds is 6. The third-order valence-corrected chi connectivity index (χ3v) is 2.68. The molecule has 21 heavy (non-hydrogen) atoms. The lowest BCUT2D eigenvalue weighted by atomic mass is 10.1. The first-order valence-corrected chi connectivity index (χ1v) is 6.00. The van der Waals surface area contributed by atoms with Crippen molar-refractivity contribution >= 4 is 18.3 Å². The summed E-state index contributed by atoms with van der Waals surface area (Å²) in [5.41, 5.74) is 5.89. The van der Waals surface area contributed by atoms with Gasteiger partial charge in [-0.15, -0.1) is 12.4 Å². The maximum absolute atomic E-state index is 12.9. The molecule has 0 aliphatic heterocycles. The summed E-state index contributed by atoms with van der Waals surface area (Å²) in [7, 11) is 1.32. The molecule has 0 fully saturated rings. The minimum absolute atomic E-state index is 0. The molecule has 0 aliphatic rings. The highest BCUT2D eigenvalue weighted by Gasteiger charge is 2.41. The zero-order valence-electron chi connectivity index (χ0n) is 11.4. The molecule has 0 bridgehead atoms. The molecule has 2 unspecified atom stereocenters. The van der Waals surface area contributed by atoms with E-state index in [1.807, 2.05) is 5.32 Å². The second-order valence-electron chi connectivity index (χ2n) is 4.35. The van der Waals surface area contributed by atoms with Gasteiger partial charge >= 0.3 is 6.18 Å². The second-order valence-corrected chi connectivity index (χ2v) is 4.35. The minimum Gasteiger partial charge on any atom is -0.383 e. The molecule has 2 atom stereocenters. The summed E-state index contributed by atoms with van der Waals surface area (Å²) in [5.74, 6) is -0.884. The van der Waals surface area contributed by atoms with Crippen LogP contribution in [0.3, 0.4) is 0 Å². The molecule has 0 radical (unpaired) electrons. The lowest BCUT2D eigenvalue weighted by Crippen LogP contribution is -2.53. The maximum atomic E-state index is 12.9. The Morgan fingerprint density at radius 1 is 1.33 bits per heavy atom. The largest absolute Gasteiger partial charge is 0.408 e. The van der Waals surface area contributed by atoms with Crippen LogP contribution in [0.1, 0.15) is 5.56 Å². The number of methoxy groups -OCH3 is 1. The Kier molecular flexibility index (Phi) is 8.31. The minimum atomic E-state index is -4.54. The van der Waals surface area contributed by atoms with Crippen LogP contribution >= 0.6 is 12.4 Å². The normalized spacial score (nSPS) is 14.0. The smallest absolute Gasteiger partial charge is 0.383 e. The Morgan fingerprint density at radius 3 is 2.38 bits per heavy atom. The number of carbonyl (C=O) groups is 1. The fourth-order valence-corrected chi connectivity index (χ4v) is 1.63. The number of nitrogens with one attached hydrogen (secondary N) is 1. The highest BCUT2D eigenvalue weighted by molar-refractivity contribution is 5.85. The maximum Gasteiger partial charge on any atom is 0.408 e. The lowest BCUT2D eigenvalue weighted by Gasteiger charge is -2.23. The van der Waals surface area contributed by atoms with E-state index >= 15 is 0 Å². The van der Waals surface area contributed by atoms with Crippen molar-refractivity contribution in [3.8, 4) is 0 Å². The second kappa shape index (κ2) is 8.86. The molecule has 0 heterocycles. The zero-order valence-corrected chi connectivity index (χ0v) is 12.2. The molecule has 0 aliphatic carbocycles. The fourth-order valence-electron chi connectivity index (χ4n) is 1.63. The van der Waals surface area contributed by atoms with Crippen LogP contribution in [0, 0.1) is 0 Å². The van der Waals surface area contributed by atoms with Gasteiger partial charge in [-0.1, -0.05) is 30.3 Å². The first-order valence-electron chi connectivity index (χ1n) is 6.00. The first kappa shape index (κ1) is 19.7. The van der Waals surface area contributed by atoms with E-state index in [1.54, 1.807) is 30.3 Å². The number of alkyl halides is 3. The van der Waals surface area contributed by atoms with Gasteiger partial charge in [-0.25, -0.2) is 0 Å². The van der Waals surface area contributed by atoms with E-state index in [2.05, 4.69) is 4.74 Å². The predicted octanol–water partition coefficient (Wildman–Crippen LogP) is 1.67. The van der Waals surface area contributed by atoms with Gasteiger partial charge in [-0.2, -0.15) is 13.2 Å². The van der Waals surface area contributed by atoms with Crippen molar-refractivity contribution in [1.29, 1.82) is 0 Å². The first-order chi connectivity index (χ1) is 9.34. The van der Waals surface area contributed by atoms with Gasteiger partial charge in [0.05, 0.1) is 6.61 Å². The summed E-state index contributed by atoms with van der Waals surface area (Å²) >= 11 is 0. The third-order valence-electron chi connectivity index (χ3n) is 2.68. The van der Waals surface area contributed by atoms with Crippen molar-refractivity contribution in [3.05, 3.63) is 35.9 Å². The molecule has 0 saturated heterocycles. The van der Waals surface area contributed by atoms with Gasteiger partial charge < -0.3 is 15.8 Å². The molecule has 1 amide bonds. The number of halogens is 4. The quantitative estimate of drug-likeness (QED) is 0.836. The van der Waals surface area contributed by atoms with Crippen LogP contribution in [0.4, 0.5) is 13.2 Å². The molecule has 8 heteroatoms. The molecule has 1 aromatic rings. The standard InChI is InChI=1S/C13H17F3N2O2.ClH/c1-20-8-10(17)12(19)18-11(13(14,15)16)7-9-5-3-2-4-6-9;/h2-6,10-11H,7-8,17H2,1H3,(H,18,19);1H. The Morgan fingerprint density at radius 2 is 1.90 bits per heavy atom. The van der Waals surface area contributed by atoms with Gasteiger partial charge in [0.1, 0.15) is 12.1 Å². The number of hydrogen-bond acceptors (Lipinski definition) is 3. The molecule has 0 aromatic heterocycles. The average molecular weight is 327 g/mol. The monoisotopic (exact) mass is 326 g/mol. The van der Waals surface area contributed by atoms with Crippen LogP contribution in [0.15, 0.2) is 30.3 Å². The number of carbonyl (C=O) groups excluding carboxylic acids is 1. The Labute approximate surface area is 127 Å². The van der Waals surface area contributed by atoms with Crippen LogP contribution in [0.5, 0.6) is 0 Å². The molecule has 3 N–H and O–H groups in total. The summed E-state index contributed by atoms with van der Waals surface area (Å²) in [5, 5.41) is 1.92. The van der Waals surface area contributed by atoms with Gasteiger partial charge in [0.15, 0.2) is 0 Å². The molecule has 0 spiro atoms. The number of benzene rings is 1. The summed E-state index contributed by atoms with van der Waals surface area (Å²) in [6, 6.07) is 5.03. The molecule has 4 nitrogen and oxygen atoms in total. The van der Waals surface area contributed by atoms with Gasteiger partial charge in [-0.3, -0.25) is 4.79 Å². The highest BCUT2D eigenvalue weighted by Crippen LogP contribution is 2.23. The number of nitrogens with two attached hydrogens (primary N) is 1. The van der Waals surface area contributed by atoms with E-state index in [0.717, 1.165) is 0 Å². The highest BCUT2D eigenvalue weighted by atomic mass is 35.5. The van der Waals surface area contributed by atoms with Crippen molar-refractivity contribution in [2.45, 2.75) is 24.7 Å². The van der Waals surface area contributed by atoms with Gasteiger partial charge in [0.25, 0.3) is 0 Å². The SMILES string of the molecule is COCC(N)C(=O)NC(Cc1ccccc1)C(F)(F)F.Cl. The predicted molar refractivity (Wildman–Crippen MR) is 75.2 cm³/mol. The van der Waals surface area contributed by atoms with E-state index < -0.39 is 24.2 Å². The van der Waals surface area contributed by atoms with E-state index in [-0.39, 0.29) is 25.4 Å². The van der Waals surface area contributed by atoms with Crippen LogP contribution < -0.4 is 11.1 Å². The van der Waals surface area contributed by atoms with E-state index in [0.29, 0.717) is 5.56 Å². The fraction of sp³-hybridized carbons (Fsp3) is 0.462. The number of ether oxygens (including phenoxy) is 1. The van der Waals surface area contributed by atoms with E-state index in [1.165, 1.54) is 7.11 Å². The van der Waals surface area contributed by atoms with Crippen LogP contribution in [-0.2, 0) is 16.0 Å². The summed E-state index contributed by atoms with van der Waals surface area (Å²) in [6.45, 7) is -0.137. The van der Waals surface area contributed by atoms with Gasteiger partial charge in [0.2, 0.25) is 5.91 Å². The van der Waals surface area contributed by atoms with Gasteiger partial charge in [-0.05, 0) is 5.56 Å². The summed E-state index contributed by atoms with van der Waals surface area (Å²) in [6.07, 6.45) is -4.88. The van der Waals surface area contributed by atoms with Crippen molar-refractivity contribution in [2.24, 2.45) is 5.73 Å². The van der Waals surface area contributed by atoms with E-state index in [9.17, 15) is 18.0 Å². The zero-order chi connectivity index (χ0) is 15.2. The Balaban J connectivity index is 0.00000400. The molecular weight excluding hydrogens is 309 g/mol. The summed E-state index contributed by atoms with van der Waals surface area (Å²) in [4.78, 5) is 11.6. The molecule has 1 rings (SSSR count). The molecular formula is C13H18ClF3N2O2. The average Bonchev–Trinajstić information content (AvgIpc) is 2.38. The van der Waals surface area contributed by atoms with E-state index in [4.69, 9.17) is 5.73 Å². The van der Waals surface area contributed by atoms with Crippen molar-refractivity contribution in [2.75, 3.05) is 13.7 Å². The van der Waals surface area contributed by atoms with Crippen molar-refractivity contribution in [1.82, 2.24) is 5.32 Å². The molecule has 1 aromatic carbocycles. The van der Waals surface area contributed by atoms with Crippen LogP contribution in [-0.4, -0.2) is 37.9 Å². The number of hydrogen-bond donors (Lipinski definition) is 2. The third kappa shape index (κ3) is 6.79. The summed E-state index contributed by atoms with van der Waals surface area (Å²) < 4.78 is 43.4.